The van der Waals surface area contributed by atoms with Gasteiger partial charge in [-0.15, -0.1) is 0 Å². The number of alkyl halides is 3. The van der Waals surface area contributed by atoms with Gasteiger partial charge in [0.1, 0.15) is 0 Å². The Hall–Kier alpha value is -1.16. The standard InChI is InChI=1S/C14H11F3O3S3/c1-22(20-23(18,19)14(15,16)17)12-8-4-2-6-10(12)21-11-7-3-5-9-13(11)22/h2-9H,1H3/i1D. The lowest BCUT2D eigenvalue weighted by Gasteiger charge is -2.40. The van der Waals surface area contributed by atoms with Gasteiger partial charge in [0.05, 0.1) is 0 Å². The summed E-state index contributed by atoms with van der Waals surface area (Å²) in [4.78, 5) is 1.82. The predicted octanol–water partition coefficient (Wildman–Crippen LogP) is 4.78. The van der Waals surface area contributed by atoms with Gasteiger partial charge >= 0.3 is 15.6 Å². The van der Waals surface area contributed by atoms with Crippen LogP contribution in [0, 0.1) is 0 Å². The minimum Gasteiger partial charge on any atom is -0.204 e. The Bertz CT molecular complexity index is 839. The lowest BCUT2D eigenvalue weighted by Crippen LogP contribution is -2.27. The van der Waals surface area contributed by atoms with Crippen LogP contribution in [-0.4, -0.2) is 20.2 Å². The number of benzene rings is 2. The molecule has 0 saturated carbocycles. The fraction of sp³-hybridized carbons (Fsp3) is 0.143. The minimum absolute atomic E-state index is 0.316. The first-order valence-electron chi connectivity index (χ1n) is 6.90. The van der Waals surface area contributed by atoms with E-state index >= 15 is 0 Å². The van der Waals surface area contributed by atoms with Crippen LogP contribution in [0.25, 0.3) is 0 Å². The SMILES string of the molecule is [2H]CS1(OS(=O)(=O)C(F)(F)F)c2ccccc2Sc2ccccc21. The summed E-state index contributed by atoms with van der Waals surface area (Å²) in [6, 6.07) is 13.0. The lowest BCUT2D eigenvalue weighted by molar-refractivity contribution is -0.0496. The van der Waals surface area contributed by atoms with Crippen molar-refractivity contribution in [1.29, 1.82) is 0 Å². The summed E-state index contributed by atoms with van der Waals surface area (Å²) in [5.74, 6) is 0. The first kappa shape index (κ1) is 15.4. The molecule has 0 amide bonds. The van der Waals surface area contributed by atoms with Gasteiger partial charge in [-0.25, -0.2) is 3.63 Å². The molecular weight excluding hydrogens is 369 g/mol. The number of hydrogen-bond donors (Lipinski definition) is 0. The fourth-order valence-electron chi connectivity index (χ4n) is 2.12. The third-order valence-electron chi connectivity index (χ3n) is 3.12. The van der Waals surface area contributed by atoms with Crippen LogP contribution >= 0.6 is 22.1 Å². The largest absolute Gasteiger partial charge is 0.523 e. The van der Waals surface area contributed by atoms with Crippen LogP contribution in [0.1, 0.15) is 1.37 Å². The Morgan fingerprint density at radius 3 is 1.96 bits per heavy atom. The molecule has 3 rings (SSSR count). The van der Waals surface area contributed by atoms with E-state index in [1.54, 1.807) is 36.4 Å². The Morgan fingerprint density at radius 1 is 1.04 bits per heavy atom. The van der Waals surface area contributed by atoms with Gasteiger partial charge in [0, 0.05) is 21.0 Å². The Morgan fingerprint density at radius 2 is 1.52 bits per heavy atom. The van der Waals surface area contributed by atoms with E-state index in [4.69, 9.17) is 5.00 Å². The van der Waals surface area contributed by atoms with E-state index in [1.165, 1.54) is 23.9 Å². The second kappa shape index (κ2) is 5.44. The van der Waals surface area contributed by atoms with Crippen molar-refractivity contribution >= 4 is 32.2 Å². The highest BCUT2D eigenvalue weighted by Crippen LogP contribution is 2.69. The van der Waals surface area contributed by atoms with Crippen LogP contribution in [0.15, 0.2) is 68.1 Å². The Kier molecular flexibility index (Phi) is 3.63. The molecule has 0 aromatic heterocycles. The van der Waals surface area contributed by atoms with E-state index < -0.39 is 32.2 Å². The van der Waals surface area contributed by atoms with Crippen molar-refractivity contribution in [2.75, 3.05) is 6.23 Å². The summed E-state index contributed by atoms with van der Waals surface area (Å²) in [5.41, 5.74) is -5.54. The van der Waals surface area contributed by atoms with Crippen molar-refractivity contribution in [3.8, 4) is 0 Å². The zero-order valence-corrected chi connectivity index (χ0v) is 13.9. The van der Waals surface area contributed by atoms with E-state index in [9.17, 15) is 21.6 Å². The summed E-state index contributed by atoms with van der Waals surface area (Å²) in [5, 5.41) is 0. The van der Waals surface area contributed by atoms with Crippen LogP contribution in [0.4, 0.5) is 13.2 Å². The molecule has 0 saturated heterocycles. The molecule has 0 radical (unpaired) electrons. The minimum atomic E-state index is -5.85. The summed E-state index contributed by atoms with van der Waals surface area (Å²) >= 11 is 1.32. The Balaban J connectivity index is 2.27. The van der Waals surface area contributed by atoms with Crippen molar-refractivity contribution in [1.82, 2.24) is 0 Å². The fourth-order valence-corrected chi connectivity index (χ4v) is 7.78. The molecule has 0 bridgehead atoms. The zero-order valence-electron chi connectivity index (χ0n) is 12.4. The average molecular weight is 381 g/mol. The van der Waals surface area contributed by atoms with E-state index in [-0.39, 0.29) is 0 Å². The predicted molar refractivity (Wildman–Crippen MR) is 83.1 cm³/mol. The summed E-state index contributed by atoms with van der Waals surface area (Å²) in [6.07, 6.45) is -0.628. The molecule has 0 N–H and O–H groups in total. The van der Waals surface area contributed by atoms with Crippen LogP contribution < -0.4 is 0 Å². The normalized spacial score (nSPS) is 18.5. The van der Waals surface area contributed by atoms with Crippen molar-refractivity contribution in [3.05, 3.63) is 48.5 Å². The first-order chi connectivity index (χ1) is 11.2. The van der Waals surface area contributed by atoms with Crippen LogP contribution in [0.3, 0.4) is 0 Å². The number of hydrogen-bond acceptors (Lipinski definition) is 4. The maximum absolute atomic E-state index is 12.9. The first-order valence-corrected chi connectivity index (χ1v) is 10.1. The number of halogens is 3. The van der Waals surface area contributed by atoms with E-state index in [1.807, 2.05) is 0 Å². The highest BCUT2D eigenvalue weighted by molar-refractivity contribution is 8.33. The average Bonchev–Trinajstić information content (AvgIpc) is 2.53. The molecule has 0 aliphatic carbocycles. The van der Waals surface area contributed by atoms with Crippen LogP contribution in [0.5, 0.6) is 0 Å². The van der Waals surface area contributed by atoms with Gasteiger partial charge in [0.25, 0.3) is 0 Å². The second-order valence-corrected chi connectivity index (χ2v) is 9.87. The van der Waals surface area contributed by atoms with Gasteiger partial charge < -0.3 is 0 Å². The highest BCUT2D eigenvalue weighted by Gasteiger charge is 2.52. The van der Waals surface area contributed by atoms with Crippen molar-refractivity contribution in [3.63, 3.8) is 0 Å². The maximum atomic E-state index is 12.9. The van der Waals surface area contributed by atoms with E-state index in [0.717, 1.165) is 0 Å². The molecule has 1 heterocycles. The molecule has 2 aromatic rings. The third kappa shape index (κ3) is 2.75. The molecule has 3 nitrogen and oxygen atoms in total. The van der Waals surface area contributed by atoms with Gasteiger partial charge in [-0.2, -0.15) is 21.6 Å². The van der Waals surface area contributed by atoms with Crippen molar-refractivity contribution in [2.24, 2.45) is 0 Å². The summed E-state index contributed by atoms with van der Waals surface area (Å²) in [6.45, 7) is 0. The highest BCUT2D eigenvalue weighted by atomic mass is 32.3. The monoisotopic (exact) mass is 381 g/mol. The molecule has 0 atom stereocenters. The molecule has 9 heteroatoms. The van der Waals surface area contributed by atoms with Gasteiger partial charge in [-0.05, 0) is 30.5 Å². The van der Waals surface area contributed by atoms with Crippen LogP contribution in [-0.2, 0) is 13.7 Å². The second-order valence-electron chi connectivity index (χ2n) is 4.64. The van der Waals surface area contributed by atoms with E-state index in [2.05, 4.69) is 0 Å². The maximum Gasteiger partial charge on any atom is 0.523 e. The van der Waals surface area contributed by atoms with Crippen LogP contribution in [0.2, 0.25) is 0 Å². The molecule has 23 heavy (non-hydrogen) atoms. The lowest BCUT2D eigenvalue weighted by atomic mass is 10.3. The molecule has 0 unspecified atom stereocenters. The van der Waals surface area contributed by atoms with Gasteiger partial charge in [0.2, 0.25) is 0 Å². The van der Waals surface area contributed by atoms with E-state index in [0.29, 0.717) is 19.6 Å². The summed E-state index contributed by atoms with van der Waals surface area (Å²) < 4.78 is 74.6. The zero-order chi connectivity index (χ0) is 17.6. The smallest absolute Gasteiger partial charge is 0.204 e. The quantitative estimate of drug-likeness (QED) is 0.702. The third-order valence-corrected chi connectivity index (χ3v) is 8.87. The molecule has 1 aliphatic rings. The molecule has 1 aliphatic heterocycles. The number of fused-ring (bicyclic) bond motifs is 2. The topological polar surface area (TPSA) is 43.4 Å². The van der Waals surface area contributed by atoms with Gasteiger partial charge in [0.15, 0.2) is 0 Å². The molecule has 0 fully saturated rings. The van der Waals surface area contributed by atoms with Crippen molar-refractivity contribution < 1.29 is 26.6 Å². The van der Waals surface area contributed by atoms with Crippen molar-refractivity contribution in [2.45, 2.75) is 25.1 Å². The number of rotatable bonds is 2. The summed E-state index contributed by atoms with van der Waals surface area (Å²) in [7, 11) is -9.00. The Labute approximate surface area is 138 Å². The molecular formula is C14H11F3O3S3. The molecule has 0 spiro atoms. The molecule has 2 aromatic carbocycles. The van der Waals surface area contributed by atoms with Gasteiger partial charge in [-0.1, -0.05) is 46.3 Å². The van der Waals surface area contributed by atoms with Gasteiger partial charge in [-0.3, -0.25) is 0 Å². The molecule has 124 valence electrons.